The third-order valence-corrected chi connectivity index (χ3v) is 4.40. The number of fused-ring (bicyclic) bond motifs is 2. The van der Waals surface area contributed by atoms with Crippen molar-refractivity contribution >= 4 is 36.0 Å². The minimum Gasteiger partial charge on any atom is -0.482 e. The molecule has 0 aliphatic carbocycles. The number of nitrogens with one attached hydrogen (secondary N) is 3. The minimum absolute atomic E-state index is 0.0671. The summed E-state index contributed by atoms with van der Waals surface area (Å²) in [5.41, 5.74) is 0.0626. The lowest BCUT2D eigenvalue weighted by molar-refractivity contribution is -0.286. The highest BCUT2D eigenvalue weighted by Gasteiger charge is 2.43. The fourth-order valence-electron chi connectivity index (χ4n) is 2.96. The van der Waals surface area contributed by atoms with Crippen molar-refractivity contribution in [1.29, 1.82) is 0 Å². The standard InChI is InChI=1S/C20H21F2N7O3/c1-19(2)10-25-16-13(30-19)7-8-15(27-16)28-18(24-4)29-17(23-3)26-11-5-6-12-14(9-11)32-20(21,22)31-12/h5-9H,3,10H2,1-2,4H3,(H3,24,25,26,27,28,29). The Morgan fingerprint density at radius 1 is 1.06 bits per heavy atom. The number of pyridine rings is 1. The van der Waals surface area contributed by atoms with Crippen LogP contribution in [0, 0.1) is 0 Å². The molecule has 0 amide bonds. The van der Waals surface area contributed by atoms with Gasteiger partial charge in [0.25, 0.3) is 0 Å². The summed E-state index contributed by atoms with van der Waals surface area (Å²) in [7, 11) is 1.54. The van der Waals surface area contributed by atoms with E-state index in [-0.39, 0.29) is 29.0 Å². The Morgan fingerprint density at radius 2 is 1.81 bits per heavy atom. The number of benzene rings is 1. The van der Waals surface area contributed by atoms with Crippen LogP contribution < -0.4 is 30.2 Å². The van der Waals surface area contributed by atoms with E-state index in [0.29, 0.717) is 29.6 Å². The zero-order valence-electron chi connectivity index (χ0n) is 17.6. The van der Waals surface area contributed by atoms with Gasteiger partial charge < -0.3 is 30.2 Å². The van der Waals surface area contributed by atoms with Gasteiger partial charge in [-0.2, -0.15) is 4.99 Å². The van der Waals surface area contributed by atoms with Gasteiger partial charge >= 0.3 is 6.29 Å². The molecule has 2 aromatic rings. The molecule has 0 saturated heterocycles. The molecular formula is C20H21F2N7O3. The number of aliphatic imine (C=N–C) groups is 3. The number of halogens is 2. The molecule has 0 radical (unpaired) electrons. The molecule has 0 atom stereocenters. The lowest BCUT2D eigenvalue weighted by Gasteiger charge is -2.32. The van der Waals surface area contributed by atoms with Gasteiger partial charge in [0.1, 0.15) is 11.4 Å². The van der Waals surface area contributed by atoms with Crippen LogP contribution in [0.2, 0.25) is 0 Å². The van der Waals surface area contributed by atoms with Gasteiger partial charge in [-0.05, 0) is 44.8 Å². The van der Waals surface area contributed by atoms with Gasteiger partial charge in [-0.1, -0.05) is 0 Å². The smallest absolute Gasteiger partial charge is 0.482 e. The number of alkyl halides is 2. The Kier molecular flexibility index (Phi) is 5.28. The summed E-state index contributed by atoms with van der Waals surface area (Å²) in [6, 6.07) is 7.72. The number of aromatic nitrogens is 1. The van der Waals surface area contributed by atoms with E-state index < -0.39 is 6.29 Å². The van der Waals surface area contributed by atoms with Crippen LogP contribution in [-0.2, 0) is 0 Å². The monoisotopic (exact) mass is 445 g/mol. The average molecular weight is 445 g/mol. The number of rotatable bonds is 2. The first kappa shape index (κ1) is 21.3. The molecule has 2 aliphatic heterocycles. The van der Waals surface area contributed by atoms with Crippen molar-refractivity contribution in [2.45, 2.75) is 25.7 Å². The van der Waals surface area contributed by atoms with Crippen LogP contribution in [0.5, 0.6) is 17.2 Å². The fourth-order valence-corrected chi connectivity index (χ4v) is 2.96. The highest BCUT2D eigenvalue weighted by atomic mass is 19.3. The molecule has 10 nitrogen and oxygen atoms in total. The Morgan fingerprint density at radius 3 is 2.56 bits per heavy atom. The maximum atomic E-state index is 13.2. The Hall–Kier alpha value is -3.96. The van der Waals surface area contributed by atoms with Crippen molar-refractivity contribution in [2.75, 3.05) is 29.5 Å². The van der Waals surface area contributed by atoms with E-state index in [9.17, 15) is 8.78 Å². The summed E-state index contributed by atoms with van der Waals surface area (Å²) in [6.07, 6.45) is -3.70. The molecular weight excluding hydrogens is 424 g/mol. The second-order valence-corrected chi connectivity index (χ2v) is 7.48. The molecule has 32 heavy (non-hydrogen) atoms. The quantitative estimate of drug-likeness (QED) is 0.478. The van der Waals surface area contributed by atoms with Crippen molar-refractivity contribution in [1.82, 2.24) is 4.98 Å². The summed E-state index contributed by atoms with van der Waals surface area (Å²) >= 11 is 0. The third-order valence-electron chi connectivity index (χ3n) is 4.40. The number of hydrogen-bond acceptors (Lipinski definition) is 6. The third kappa shape index (κ3) is 4.68. The fraction of sp³-hybridized carbons (Fsp3) is 0.300. The number of hydrogen-bond donors (Lipinski definition) is 3. The SMILES string of the molecule is C=NC(=NC(=NC)Nc1ccc2c(n1)NCC(C)(C)O2)Nc1ccc2c(c1)OC(F)(F)O2. The molecule has 1 aromatic carbocycles. The largest absolute Gasteiger partial charge is 0.586 e. The van der Waals surface area contributed by atoms with Gasteiger partial charge in [0, 0.05) is 18.8 Å². The first-order valence-electron chi connectivity index (χ1n) is 9.56. The van der Waals surface area contributed by atoms with E-state index >= 15 is 0 Å². The summed E-state index contributed by atoms with van der Waals surface area (Å²) in [6.45, 7) is 8.05. The number of anilines is 3. The average Bonchev–Trinajstić information content (AvgIpc) is 3.05. The summed E-state index contributed by atoms with van der Waals surface area (Å²) in [4.78, 5) is 16.6. The Labute approximate surface area is 182 Å². The molecule has 1 aromatic heterocycles. The molecule has 0 bridgehead atoms. The van der Waals surface area contributed by atoms with Crippen LogP contribution >= 0.6 is 0 Å². The first-order valence-corrected chi connectivity index (χ1v) is 9.56. The summed E-state index contributed by atoms with van der Waals surface area (Å²) < 4.78 is 41.1. The van der Waals surface area contributed by atoms with Crippen LogP contribution in [0.25, 0.3) is 0 Å². The van der Waals surface area contributed by atoms with E-state index in [1.165, 1.54) is 25.2 Å². The van der Waals surface area contributed by atoms with E-state index in [2.05, 4.69) is 52.1 Å². The van der Waals surface area contributed by atoms with Crippen LogP contribution in [0.3, 0.4) is 0 Å². The van der Waals surface area contributed by atoms with Gasteiger partial charge in [-0.15, -0.1) is 8.78 Å². The minimum atomic E-state index is -3.70. The molecule has 0 fully saturated rings. The van der Waals surface area contributed by atoms with Crippen LogP contribution in [0.4, 0.5) is 26.1 Å². The molecule has 2 aliphatic rings. The van der Waals surface area contributed by atoms with Crippen molar-refractivity contribution in [3.8, 4) is 17.2 Å². The maximum absolute atomic E-state index is 13.2. The topological polar surface area (TPSA) is 114 Å². The van der Waals surface area contributed by atoms with Crippen molar-refractivity contribution < 1.29 is 23.0 Å². The van der Waals surface area contributed by atoms with E-state index in [4.69, 9.17) is 4.74 Å². The normalized spacial score (nSPS) is 18.2. The predicted molar refractivity (Wildman–Crippen MR) is 118 cm³/mol. The Bertz CT molecular complexity index is 1120. The van der Waals surface area contributed by atoms with Crippen LogP contribution in [0.1, 0.15) is 13.8 Å². The van der Waals surface area contributed by atoms with Crippen molar-refractivity contribution in [2.24, 2.45) is 15.0 Å². The molecule has 168 valence electrons. The second-order valence-electron chi connectivity index (χ2n) is 7.48. The van der Waals surface area contributed by atoms with E-state index in [1.54, 1.807) is 12.1 Å². The molecule has 0 spiro atoms. The van der Waals surface area contributed by atoms with Crippen molar-refractivity contribution in [3.63, 3.8) is 0 Å². The maximum Gasteiger partial charge on any atom is 0.586 e. The van der Waals surface area contributed by atoms with Crippen LogP contribution in [-0.4, -0.2) is 49.1 Å². The zero-order valence-corrected chi connectivity index (χ0v) is 17.6. The molecule has 3 N–H and O–H groups in total. The lowest BCUT2D eigenvalue weighted by Crippen LogP contribution is -2.40. The molecule has 12 heteroatoms. The summed E-state index contributed by atoms with van der Waals surface area (Å²) in [5.74, 6) is 1.82. The molecule has 3 heterocycles. The molecule has 4 rings (SSSR count). The van der Waals surface area contributed by atoms with Crippen molar-refractivity contribution in [3.05, 3.63) is 30.3 Å². The first-order chi connectivity index (χ1) is 15.2. The highest BCUT2D eigenvalue weighted by molar-refractivity contribution is 6.07. The molecule has 0 unspecified atom stereocenters. The van der Waals surface area contributed by atoms with Crippen LogP contribution in [0.15, 0.2) is 45.3 Å². The zero-order chi connectivity index (χ0) is 22.9. The predicted octanol–water partition coefficient (Wildman–Crippen LogP) is 3.55. The van der Waals surface area contributed by atoms with E-state index in [0.717, 1.165) is 0 Å². The summed E-state index contributed by atoms with van der Waals surface area (Å²) in [5, 5.41) is 9.08. The number of guanidine groups is 2. The van der Waals surface area contributed by atoms with Gasteiger partial charge in [-0.25, -0.2) is 9.98 Å². The lowest BCUT2D eigenvalue weighted by atomic mass is 10.1. The number of ether oxygens (including phenoxy) is 3. The molecule has 0 saturated carbocycles. The second kappa shape index (κ2) is 7.94. The number of nitrogens with zero attached hydrogens (tertiary/aromatic N) is 4. The van der Waals surface area contributed by atoms with Gasteiger partial charge in [0.2, 0.25) is 11.9 Å². The highest BCUT2D eigenvalue weighted by Crippen LogP contribution is 2.42. The van der Waals surface area contributed by atoms with Gasteiger partial charge in [0.15, 0.2) is 23.1 Å². The van der Waals surface area contributed by atoms with E-state index in [1.807, 2.05) is 13.8 Å². The van der Waals surface area contributed by atoms with Gasteiger partial charge in [-0.3, -0.25) is 4.99 Å². The van der Waals surface area contributed by atoms with Gasteiger partial charge in [0.05, 0.1) is 6.54 Å². The Balaban J connectivity index is 1.47.